The Labute approximate surface area is 203 Å². The highest BCUT2D eigenvalue weighted by Gasteiger charge is 2.40. The van der Waals surface area contributed by atoms with E-state index in [9.17, 15) is 12.8 Å². The average molecular weight is 499 g/mol. The van der Waals surface area contributed by atoms with Crippen LogP contribution in [0.4, 0.5) is 15.8 Å². The number of allylic oxidation sites excluding steroid dienone is 2. The van der Waals surface area contributed by atoms with Crippen molar-refractivity contribution in [2.24, 2.45) is 5.92 Å². The number of hydrogen-bond acceptors (Lipinski definition) is 4. The van der Waals surface area contributed by atoms with Gasteiger partial charge < -0.3 is 10.1 Å². The van der Waals surface area contributed by atoms with Gasteiger partial charge in [-0.05, 0) is 67.3 Å². The molecule has 1 heterocycles. The largest absolute Gasteiger partial charge is 0.492 e. The van der Waals surface area contributed by atoms with Crippen LogP contribution in [0.1, 0.15) is 36.4 Å². The van der Waals surface area contributed by atoms with Gasteiger partial charge >= 0.3 is 0 Å². The molecule has 0 bridgehead atoms. The highest BCUT2D eigenvalue weighted by Crippen LogP contribution is 2.51. The van der Waals surface area contributed by atoms with Crippen molar-refractivity contribution in [2.75, 3.05) is 16.6 Å². The molecule has 0 amide bonds. The summed E-state index contributed by atoms with van der Waals surface area (Å²) in [6.07, 6.45) is 4.87. The van der Waals surface area contributed by atoms with E-state index < -0.39 is 10.0 Å². The van der Waals surface area contributed by atoms with E-state index in [0.29, 0.717) is 28.6 Å². The Morgan fingerprint density at radius 2 is 1.97 bits per heavy atom. The molecule has 5 rings (SSSR count). The lowest BCUT2D eigenvalue weighted by atomic mass is 9.77. The summed E-state index contributed by atoms with van der Waals surface area (Å²) in [5.41, 5.74) is 2.46. The van der Waals surface area contributed by atoms with Gasteiger partial charge in [-0.2, -0.15) is 0 Å². The quantitative estimate of drug-likeness (QED) is 0.380. The van der Waals surface area contributed by atoms with Crippen molar-refractivity contribution >= 4 is 33.0 Å². The summed E-state index contributed by atoms with van der Waals surface area (Å²) in [6, 6.07) is 16.3. The van der Waals surface area contributed by atoms with Crippen LogP contribution in [0.2, 0.25) is 5.02 Å². The van der Waals surface area contributed by atoms with E-state index in [4.69, 9.17) is 16.3 Å². The summed E-state index contributed by atoms with van der Waals surface area (Å²) in [4.78, 5) is 0.153. The van der Waals surface area contributed by atoms with E-state index >= 15 is 0 Å². The maximum atomic E-state index is 14.7. The van der Waals surface area contributed by atoms with Gasteiger partial charge in [-0.15, -0.1) is 0 Å². The fourth-order valence-electron chi connectivity index (χ4n) is 4.87. The fraction of sp³-hybridized carbons (Fsp3) is 0.231. The van der Waals surface area contributed by atoms with Gasteiger partial charge in [-0.25, -0.2) is 12.8 Å². The number of sulfonamides is 1. The first kappa shape index (κ1) is 22.7. The summed E-state index contributed by atoms with van der Waals surface area (Å²) < 4.78 is 49.4. The van der Waals surface area contributed by atoms with Crippen LogP contribution in [0.3, 0.4) is 0 Å². The number of halogens is 2. The Bertz CT molecular complexity index is 1360. The van der Waals surface area contributed by atoms with Crippen molar-refractivity contribution in [3.8, 4) is 5.75 Å². The summed E-state index contributed by atoms with van der Waals surface area (Å²) in [7, 11) is -3.86. The molecule has 0 saturated heterocycles. The molecule has 176 valence electrons. The Kier molecular flexibility index (Phi) is 6.00. The topological polar surface area (TPSA) is 67.4 Å². The minimum Gasteiger partial charge on any atom is -0.492 e. The second-order valence-electron chi connectivity index (χ2n) is 8.39. The van der Waals surface area contributed by atoms with Crippen molar-refractivity contribution in [1.82, 2.24) is 0 Å². The van der Waals surface area contributed by atoms with Gasteiger partial charge in [-0.1, -0.05) is 42.0 Å². The van der Waals surface area contributed by atoms with Gasteiger partial charge in [0.2, 0.25) is 0 Å². The summed E-state index contributed by atoms with van der Waals surface area (Å²) in [5.74, 6) is 0.0846. The molecule has 3 aromatic rings. The Morgan fingerprint density at radius 3 is 2.76 bits per heavy atom. The molecule has 2 N–H and O–H groups in total. The van der Waals surface area contributed by atoms with Crippen molar-refractivity contribution < 1.29 is 17.5 Å². The molecular weight excluding hydrogens is 475 g/mol. The van der Waals surface area contributed by atoms with E-state index in [2.05, 4.69) is 22.2 Å². The average Bonchev–Trinajstić information content (AvgIpc) is 3.30. The molecule has 0 radical (unpaired) electrons. The third-order valence-electron chi connectivity index (χ3n) is 6.39. The smallest absolute Gasteiger partial charge is 0.262 e. The van der Waals surface area contributed by atoms with Gasteiger partial charge in [0.15, 0.2) is 0 Å². The van der Waals surface area contributed by atoms with E-state index in [-0.39, 0.29) is 28.6 Å². The maximum absolute atomic E-state index is 14.7. The van der Waals surface area contributed by atoms with Crippen LogP contribution in [-0.4, -0.2) is 15.0 Å². The number of nitrogens with one attached hydrogen (secondary N) is 2. The molecule has 8 heteroatoms. The highest BCUT2D eigenvalue weighted by molar-refractivity contribution is 7.92. The molecular formula is C26H24ClFN2O3S. The molecule has 34 heavy (non-hydrogen) atoms. The molecule has 1 aliphatic heterocycles. The Morgan fingerprint density at radius 1 is 1.15 bits per heavy atom. The molecule has 0 saturated carbocycles. The van der Waals surface area contributed by atoms with Gasteiger partial charge in [0, 0.05) is 22.2 Å². The van der Waals surface area contributed by atoms with Gasteiger partial charge in [0.25, 0.3) is 10.0 Å². The maximum Gasteiger partial charge on any atom is 0.262 e. The number of anilines is 2. The molecule has 2 aliphatic rings. The summed E-state index contributed by atoms with van der Waals surface area (Å²) in [6.45, 7) is 2.26. The first-order valence-electron chi connectivity index (χ1n) is 11.1. The van der Waals surface area contributed by atoms with Crippen LogP contribution < -0.4 is 14.8 Å². The zero-order valence-corrected chi connectivity index (χ0v) is 20.0. The van der Waals surface area contributed by atoms with Crippen LogP contribution in [-0.2, 0) is 10.0 Å². The number of rotatable bonds is 6. The minimum absolute atomic E-state index is 0.0199. The van der Waals surface area contributed by atoms with Crippen molar-refractivity contribution in [1.29, 1.82) is 0 Å². The van der Waals surface area contributed by atoms with Gasteiger partial charge in [0.1, 0.15) is 11.6 Å². The molecule has 3 atom stereocenters. The molecule has 0 spiro atoms. The first-order chi connectivity index (χ1) is 16.4. The lowest BCUT2D eigenvalue weighted by molar-refractivity contribution is 0.342. The van der Waals surface area contributed by atoms with E-state index in [1.54, 1.807) is 54.6 Å². The Hall–Kier alpha value is -3.03. The molecule has 0 fully saturated rings. The zero-order valence-electron chi connectivity index (χ0n) is 18.5. The first-order valence-corrected chi connectivity index (χ1v) is 13.0. The number of benzene rings is 3. The Balaban J connectivity index is 1.50. The second kappa shape index (κ2) is 8.96. The van der Waals surface area contributed by atoms with Crippen LogP contribution in [0.5, 0.6) is 5.75 Å². The third kappa shape index (κ3) is 4.03. The lowest BCUT2D eigenvalue weighted by Crippen LogP contribution is -2.30. The predicted octanol–water partition coefficient (Wildman–Crippen LogP) is 6.51. The number of fused-ring (bicyclic) bond motifs is 3. The van der Waals surface area contributed by atoms with Gasteiger partial charge in [0.05, 0.1) is 23.2 Å². The normalized spacial score (nSPS) is 20.9. The molecule has 1 aliphatic carbocycles. The summed E-state index contributed by atoms with van der Waals surface area (Å²) in [5, 5.41) is 3.80. The predicted molar refractivity (Wildman–Crippen MR) is 133 cm³/mol. The molecule has 0 unspecified atom stereocenters. The molecule has 3 aromatic carbocycles. The SMILES string of the molecule is CCOc1ccccc1NS(=O)(=O)c1ccc2c(c1)[C@H]1C=CC[C@H]1[C@@H](c1c(F)cccc1Cl)N2. The van der Waals surface area contributed by atoms with Crippen molar-refractivity contribution in [3.05, 3.63) is 94.8 Å². The van der Waals surface area contributed by atoms with Crippen LogP contribution >= 0.6 is 11.6 Å². The van der Waals surface area contributed by atoms with E-state index in [1.807, 2.05) is 6.92 Å². The van der Waals surface area contributed by atoms with Crippen molar-refractivity contribution in [3.63, 3.8) is 0 Å². The highest BCUT2D eigenvalue weighted by atomic mass is 35.5. The number of ether oxygens (including phenoxy) is 1. The number of hydrogen-bond donors (Lipinski definition) is 2. The van der Waals surface area contributed by atoms with Crippen LogP contribution in [0.25, 0.3) is 0 Å². The van der Waals surface area contributed by atoms with E-state index in [1.165, 1.54) is 6.07 Å². The minimum atomic E-state index is -3.86. The fourth-order valence-corrected chi connectivity index (χ4v) is 6.26. The van der Waals surface area contributed by atoms with Crippen molar-refractivity contribution in [2.45, 2.75) is 30.2 Å². The monoisotopic (exact) mass is 498 g/mol. The van der Waals surface area contributed by atoms with Crippen LogP contribution in [0.15, 0.2) is 77.7 Å². The summed E-state index contributed by atoms with van der Waals surface area (Å²) >= 11 is 6.38. The lowest BCUT2D eigenvalue weighted by Gasteiger charge is -2.38. The third-order valence-corrected chi connectivity index (χ3v) is 8.08. The standard InChI is InChI=1S/C26H24ClFN2O3S/c1-2-33-24-12-4-3-11-23(24)30-34(31,32)16-13-14-22-19(15-16)17-7-5-8-18(17)26(29-22)25-20(27)9-6-10-21(25)28/h3-7,9-15,17-18,26,29-30H,2,8H2,1H3/t17-,18+,26-/m0/s1. The second-order valence-corrected chi connectivity index (χ2v) is 10.5. The van der Waals surface area contributed by atoms with E-state index in [0.717, 1.165) is 17.7 Å². The molecule has 5 nitrogen and oxygen atoms in total. The molecule has 0 aromatic heterocycles. The zero-order chi connectivity index (χ0) is 23.9. The van der Waals surface area contributed by atoms with Gasteiger partial charge in [-0.3, -0.25) is 4.72 Å². The van der Waals surface area contributed by atoms with Crippen LogP contribution in [0, 0.1) is 11.7 Å². The number of para-hydroxylation sites is 2.